The van der Waals surface area contributed by atoms with Gasteiger partial charge in [-0.3, -0.25) is 9.78 Å². The molecule has 2 bridgehead atoms. The molecule has 9 nitrogen and oxygen atoms in total. The number of benzene rings is 1. The Bertz CT molecular complexity index is 1050. The molecule has 3 N–H and O–H groups in total. The lowest BCUT2D eigenvalue weighted by molar-refractivity contribution is -0.116. The minimum absolute atomic E-state index is 0.0918. The summed E-state index contributed by atoms with van der Waals surface area (Å²) in [5.41, 5.74) is 3.23. The quantitative estimate of drug-likeness (QED) is 0.602. The van der Waals surface area contributed by atoms with Gasteiger partial charge in [-0.15, -0.1) is 0 Å². The van der Waals surface area contributed by atoms with Crippen LogP contribution in [0.4, 0.5) is 15.3 Å². The number of rotatable bonds is 3. The summed E-state index contributed by atoms with van der Waals surface area (Å²) in [4.78, 5) is 41.0. The van der Waals surface area contributed by atoms with Crippen molar-refractivity contribution in [3.05, 3.63) is 47.8 Å². The molecule has 3 rings (SSSR count). The summed E-state index contributed by atoms with van der Waals surface area (Å²) in [6, 6.07) is 9.04. The third-order valence-electron chi connectivity index (χ3n) is 5.27. The summed E-state index contributed by atoms with van der Waals surface area (Å²) in [6.07, 6.45) is 3.04. The number of hydrogen-bond acceptors (Lipinski definition) is 6. The topological polar surface area (TPSA) is 119 Å². The number of anilines is 1. The van der Waals surface area contributed by atoms with Crippen LogP contribution in [0.3, 0.4) is 0 Å². The predicted molar refractivity (Wildman–Crippen MR) is 128 cm³/mol. The molecule has 34 heavy (non-hydrogen) atoms. The molecule has 2 aromatic rings. The number of carbonyl (C=O) groups is 3. The zero-order chi connectivity index (χ0) is 24.7. The van der Waals surface area contributed by atoms with Gasteiger partial charge in [0.15, 0.2) is 0 Å². The van der Waals surface area contributed by atoms with Crippen LogP contribution in [-0.2, 0) is 20.8 Å². The molecule has 0 saturated heterocycles. The highest BCUT2D eigenvalue weighted by Crippen LogP contribution is 2.32. The van der Waals surface area contributed by atoms with Gasteiger partial charge in [-0.05, 0) is 62.9 Å². The maximum atomic E-state index is 12.6. The van der Waals surface area contributed by atoms with Crippen LogP contribution in [0.15, 0.2) is 36.5 Å². The van der Waals surface area contributed by atoms with Crippen LogP contribution in [0.5, 0.6) is 0 Å². The normalized spacial score (nSPS) is 16.1. The molecule has 3 amide bonds. The lowest BCUT2D eigenvalue weighted by Gasteiger charge is -2.24. The van der Waals surface area contributed by atoms with E-state index in [0.717, 1.165) is 28.8 Å². The molecule has 0 fully saturated rings. The number of nitrogens with one attached hydrogen (secondary N) is 3. The largest absolute Gasteiger partial charge is 0.453 e. The average Bonchev–Trinajstić information content (AvgIpc) is 2.77. The van der Waals surface area contributed by atoms with Crippen molar-refractivity contribution in [2.45, 2.75) is 64.6 Å². The van der Waals surface area contributed by atoms with Crippen molar-refractivity contribution in [3.63, 3.8) is 0 Å². The standard InChI is InChI=1S/C25H32N4O5/c1-25(2,3)34-24(32)29-19-7-5-6-8-22(30)28-20-13-16(15-27-23(31)33-4)9-10-18(20)17-11-12-26-21(19)14-17/h9-14,19H,5-8,15H2,1-4H3,(H,27,31)(H,28,30)(H,29,32)/t19-/m0/s1. The maximum Gasteiger partial charge on any atom is 0.408 e. The average molecular weight is 469 g/mol. The molecule has 182 valence electrons. The Morgan fingerprint density at radius 2 is 1.94 bits per heavy atom. The van der Waals surface area contributed by atoms with Crippen molar-refractivity contribution in [1.29, 1.82) is 0 Å². The van der Waals surface area contributed by atoms with Gasteiger partial charge in [0, 0.05) is 30.4 Å². The highest BCUT2D eigenvalue weighted by atomic mass is 16.6. The summed E-state index contributed by atoms with van der Waals surface area (Å²) in [7, 11) is 1.31. The van der Waals surface area contributed by atoms with Crippen LogP contribution in [0.2, 0.25) is 0 Å². The van der Waals surface area contributed by atoms with Gasteiger partial charge < -0.3 is 25.4 Å². The van der Waals surface area contributed by atoms with Crippen LogP contribution >= 0.6 is 0 Å². The van der Waals surface area contributed by atoms with Gasteiger partial charge in [0.05, 0.1) is 18.8 Å². The molecule has 1 aliphatic rings. The van der Waals surface area contributed by atoms with Gasteiger partial charge >= 0.3 is 12.2 Å². The van der Waals surface area contributed by atoms with Crippen LogP contribution in [-0.4, -0.2) is 35.8 Å². The van der Waals surface area contributed by atoms with E-state index in [9.17, 15) is 14.4 Å². The van der Waals surface area contributed by atoms with Crippen molar-refractivity contribution in [2.24, 2.45) is 0 Å². The van der Waals surface area contributed by atoms with Crippen molar-refractivity contribution in [3.8, 4) is 11.1 Å². The fourth-order valence-electron chi connectivity index (χ4n) is 3.70. The van der Waals surface area contributed by atoms with E-state index in [-0.39, 0.29) is 18.5 Å². The number of fused-ring (bicyclic) bond motifs is 4. The molecule has 9 heteroatoms. The smallest absolute Gasteiger partial charge is 0.408 e. The maximum absolute atomic E-state index is 12.6. The molecule has 1 atom stereocenters. The van der Waals surface area contributed by atoms with Gasteiger partial charge in [-0.2, -0.15) is 0 Å². The SMILES string of the molecule is COC(=O)NCc1ccc2c(c1)NC(=O)CCCC[C@H](NC(=O)OC(C)(C)C)c1cc-2ccn1. The van der Waals surface area contributed by atoms with Crippen LogP contribution in [0.25, 0.3) is 11.1 Å². The summed E-state index contributed by atoms with van der Waals surface area (Å²) in [5.74, 6) is -0.0918. The summed E-state index contributed by atoms with van der Waals surface area (Å²) in [5, 5.41) is 8.59. The van der Waals surface area contributed by atoms with E-state index in [0.29, 0.717) is 24.9 Å². The number of nitrogens with zero attached hydrogens (tertiary/aromatic N) is 1. The minimum atomic E-state index is -0.609. The van der Waals surface area contributed by atoms with E-state index in [1.54, 1.807) is 6.20 Å². The molecule has 1 aromatic heterocycles. The first-order valence-corrected chi connectivity index (χ1v) is 11.3. The van der Waals surface area contributed by atoms with E-state index in [1.807, 2.05) is 51.1 Å². The molecular weight excluding hydrogens is 436 g/mol. The second-order valence-corrected chi connectivity index (χ2v) is 9.19. The Morgan fingerprint density at radius 1 is 1.15 bits per heavy atom. The van der Waals surface area contributed by atoms with Crippen LogP contribution in [0, 0.1) is 0 Å². The van der Waals surface area contributed by atoms with Gasteiger partial charge in [0.25, 0.3) is 0 Å². The zero-order valence-corrected chi connectivity index (χ0v) is 20.1. The van der Waals surface area contributed by atoms with E-state index in [1.165, 1.54) is 7.11 Å². The van der Waals surface area contributed by atoms with E-state index < -0.39 is 17.8 Å². The molecule has 0 aliphatic carbocycles. The highest BCUT2D eigenvalue weighted by Gasteiger charge is 2.22. The van der Waals surface area contributed by atoms with Gasteiger partial charge in [-0.1, -0.05) is 18.6 Å². The van der Waals surface area contributed by atoms with Crippen molar-refractivity contribution >= 4 is 23.8 Å². The second-order valence-electron chi connectivity index (χ2n) is 9.19. The fraction of sp³-hybridized carbons (Fsp3) is 0.440. The Kier molecular flexibility index (Phi) is 8.09. The first-order chi connectivity index (χ1) is 16.1. The number of pyridine rings is 1. The first-order valence-electron chi connectivity index (χ1n) is 11.3. The molecule has 1 aliphatic heterocycles. The van der Waals surface area contributed by atoms with Gasteiger partial charge in [0.1, 0.15) is 5.60 Å². The first kappa shape index (κ1) is 25.0. The number of methoxy groups -OCH3 is 1. The van der Waals surface area contributed by atoms with Gasteiger partial charge in [0.2, 0.25) is 5.91 Å². The Labute approximate surface area is 199 Å². The molecule has 0 saturated carbocycles. The summed E-state index contributed by atoms with van der Waals surface area (Å²) >= 11 is 0. The third kappa shape index (κ3) is 7.19. The number of aromatic nitrogens is 1. The number of hydrogen-bond donors (Lipinski definition) is 3. The Morgan fingerprint density at radius 3 is 2.68 bits per heavy atom. The number of ether oxygens (including phenoxy) is 2. The molecule has 0 spiro atoms. The third-order valence-corrected chi connectivity index (χ3v) is 5.27. The molecule has 2 heterocycles. The lowest BCUT2D eigenvalue weighted by atomic mass is 9.97. The van der Waals surface area contributed by atoms with E-state index in [2.05, 4.69) is 25.7 Å². The van der Waals surface area contributed by atoms with Gasteiger partial charge in [-0.25, -0.2) is 9.59 Å². The highest BCUT2D eigenvalue weighted by molar-refractivity contribution is 5.95. The molecule has 1 aromatic carbocycles. The zero-order valence-electron chi connectivity index (χ0n) is 20.1. The van der Waals surface area contributed by atoms with Crippen LogP contribution < -0.4 is 16.0 Å². The molecular formula is C25H32N4O5. The number of amides is 3. The Balaban J connectivity index is 1.94. The second kappa shape index (κ2) is 11.0. The Hall–Kier alpha value is -3.62. The fourth-order valence-corrected chi connectivity index (χ4v) is 3.70. The predicted octanol–water partition coefficient (Wildman–Crippen LogP) is 4.68. The minimum Gasteiger partial charge on any atom is -0.453 e. The number of carbonyl (C=O) groups excluding carboxylic acids is 3. The monoisotopic (exact) mass is 468 g/mol. The number of alkyl carbamates (subject to hydrolysis) is 2. The summed E-state index contributed by atoms with van der Waals surface area (Å²) < 4.78 is 10.1. The summed E-state index contributed by atoms with van der Waals surface area (Å²) in [6.45, 7) is 5.71. The van der Waals surface area contributed by atoms with Crippen LogP contribution in [0.1, 0.15) is 63.8 Å². The van der Waals surface area contributed by atoms with Crippen molar-refractivity contribution in [2.75, 3.05) is 12.4 Å². The van der Waals surface area contributed by atoms with E-state index in [4.69, 9.17) is 4.74 Å². The van der Waals surface area contributed by atoms with Crippen molar-refractivity contribution in [1.82, 2.24) is 15.6 Å². The molecule has 0 unspecified atom stereocenters. The van der Waals surface area contributed by atoms with Crippen molar-refractivity contribution < 1.29 is 23.9 Å². The van der Waals surface area contributed by atoms with E-state index >= 15 is 0 Å². The molecule has 0 radical (unpaired) electrons. The lowest BCUT2D eigenvalue weighted by Crippen LogP contribution is -2.35.